The maximum absolute atomic E-state index is 7.87. The molecule has 4 heteroatoms. The molecule has 2 heterocycles. The van der Waals surface area contributed by atoms with Crippen molar-refractivity contribution >= 4 is 28.9 Å². The number of nitrogens with one attached hydrogen (secondary N) is 2. The van der Waals surface area contributed by atoms with Gasteiger partial charge in [0, 0.05) is 28.0 Å². The molecule has 0 radical (unpaired) electrons. The number of hydrogen-bond donors (Lipinski definition) is 3. The van der Waals surface area contributed by atoms with E-state index < -0.39 is 0 Å². The molecule has 23 heavy (non-hydrogen) atoms. The third-order valence-corrected chi connectivity index (χ3v) is 7.28. The quantitative estimate of drug-likeness (QED) is 0.557. The Balaban J connectivity index is 1.71. The zero-order valence-electron chi connectivity index (χ0n) is 13.0. The molecule has 2 aliphatic carbocycles. The van der Waals surface area contributed by atoms with Crippen LogP contribution in [0, 0.1) is 23.2 Å². The van der Waals surface area contributed by atoms with Crippen molar-refractivity contribution in [2.45, 2.75) is 31.2 Å². The maximum atomic E-state index is 7.87. The number of anilines is 2. The van der Waals surface area contributed by atoms with Crippen LogP contribution in [0.4, 0.5) is 11.4 Å². The third kappa shape index (κ3) is 1.78. The average molecular weight is 323 g/mol. The molecular weight excluding hydrogens is 302 g/mol. The SMILES string of the molecule is N=Cc1c(N)ccc2c1[C@H]1[C@@H]3CC[C@H](C3)[C@H]1[C@H](c1cccs1)N2. The number of rotatable bonds is 2. The molecule has 1 aromatic carbocycles. The van der Waals surface area contributed by atoms with Crippen molar-refractivity contribution in [3.8, 4) is 0 Å². The molecule has 0 amide bonds. The summed E-state index contributed by atoms with van der Waals surface area (Å²) in [6, 6.07) is 8.92. The van der Waals surface area contributed by atoms with Crippen molar-refractivity contribution in [3.05, 3.63) is 45.6 Å². The van der Waals surface area contributed by atoms with Gasteiger partial charge in [0.25, 0.3) is 0 Å². The predicted octanol–water partition coefficient (Wildman–Crippen LogP) is 4.62. The van der Waals surface area contributed by atoms with Crippen LogP contribution in [-0.2, 0) is 0 Å². The first-order chi connectivity index (χ1) is 11.3. The van der Waals surface area contributed by atoms with Gasteiger partial charge in [0.15, 0.2) is 0 Å². The maximum Gasteiger partial charge on any atom is 0.0643 e. The molecule has 1 aromatic heterocycles. The number of benzene rings is 1. The van der Waals surface area contributed by atoms with Crippen LogP contribution in [0.25, 0.3) is 0 Å². The van der Waals surface area contributed by atoms with Crippen molar-refractivity contribution in [2.24, 2.45) is 17.8 Å². The number of nitrogen functional groups attached to an aromatic ring is 1. The van der Waals surface area contributed by atoms with Crippen LogP contribution < -0.4 is 11.1 Å². The van der Waals surface area contributed by atoms with Gasteiger partial charge in [0.2, 0.25) is 0 Å². The first kappa shape index (κ1) is 13.6. The lowest BCUT2D eigenvalue weighted by molar-refractivity contribution is 0.249. The summed E-state index contributed by atoms with van der Waals surface area (Å²) in [7, 11) is 0. The first-order valence-electron chi connectivity index (χ1n) is 8.50. The van der Waals surface area contributed by atoms with E-state index in [4.69, 9.17) is 11.1 Å². The monoisotopic (exact) mass is 323 g/mol. The largest absolute Gasteiger partial charge is 0.398 e. The molecule has 2 saturated carbocycles. The molecule has 1 aliphatic heterocycles. The van der Waals surface area contributed by atoms with E-state index in [0.717, 1.165) is 23.1 Å². The van der Waals surface area contributed by atoms with E-state index in [0.29, 0.717) is 17.9 Å². The topological polar surface area (TPSA) is 61.9 Å². The highest BCUT2D eigenvalue weighted by atomic mass is 32.1. The highest BCUT2D eigenvalue weighted by molar-refractivity contribution is 7.10. The molecule has 2 bridgehead atoms. The lowest BCUT2D eigenvalue weighted by Gasteiger charge is -2.43. The Labute approximate surface area is 140 Å². The van der Waals surface area contributed by atoms with Crippen LogP contribution >= 0.6 is 11.3 Å². The van der Waals surface area contributed by atoms with Crippen molar-refractivity contribution < 1.29 is 0 Å². The van der Waals surface area contributed by atoms with Crippen molar-refractivity contribution in [2.75, 3.05) is 11.1 Å². The first-order valence-corrected chi connectivity index (χ1v) is 9.38. The van der Waals surface area contributed by atoms with Gasteiger partial charge in [-0.3, -0.25) is 0 Å². The number of hydrogen-bond acceptors (Lipinski definition) is 4. The summed E-state index contributed by atoms with van der Waals surface area (Å²) in [5.41, 5.74) is 10.4. The van der Waals surface area contributed by atoms with Crippen LogP contribution in [0.1, 0.15) is 47.2 Å². The van der Waals surface area contributed by atoms with E-state index in [1.54, 1.807) is 0 Å². The average Bonchev–Trinajstić information content (AvgIpc) is 3.31. The van der Waals surface area contributed by atoms with Gasteiger partial charge in [-0.05, 0) is 72.1 Å². The summed E-state index contributed by atoms with van der Waals surface area (Å²) in [5.74, 6) is 2.81. The smallest absolute Gasteiger partial charge is 0.0643 e. The van der Waals surface area contributed by atoms with E-state index in [-0.39, 0.29) is 0 Å². The molecule has 4 N–H and O–H groups in total. The second-order valence-electron chi connectivity index (χ2n) is 7.25. The number of thiophene rings is 1. The summed E-state index contributed by atoms with van der Waals surface area (Å²) >= 11 is 1.86. The molecular formula is C19H21N3S. The van der Waals surface area contributed by atoms with E-state index in [1.165, 1.54) is 41.6 Å². The van der Waals surface area contributed by atoms with Crippen LogP contribution in [0.2, 0.25) is 0 Å². The van der Waals surface area contributed by atoms with Gasteiger partial charge in [-0.15, -0.1) is 11.3 Å². The van der Waals surface area contributed by atoms with Crippen molar-refractivity contribution in [1.29, 1.82) is 5.41 Å². The lowest BCUT2D eigenvalue weighted by atomic mass is 9.68. The summed E-state index contributed by atoms with van der Waals surface area (Å²) in [5, 5.41) is 13.9. The fourth-order valence-corrected chi connectivity index (χ4v) is 6.37. The third-order valence-electron chi connectivity index (χ3n) is 6.32. The molecule has 3 nitrogen and oxygen atoms in total. The summed E-state index contributed by atoms with van der Waals surface area (Å²) in [4.78, 5) is 1.45. The van der Waals surface area contributed by atoms with Gasteiger partial charge in [-0.1, -0.05) is 6.07 Å². The minimum Gasteiger partial charge on any atom is -0.398 e. The molecule has 2 aromatic rings. The Hall–Kier alpha value is -1.81. The molecule has 5 rings (SSSR count). The molecule has 0 spiro atoms. The van der Waals surface area contributed by atoms with Crippen molar-refractivity contribution in [1.82, 2.24) is 0 Å². The Bertz CT molecular complexity index is 767. The van der Waals surface area contributed by atoms with Crippen molar-refractivity contribution in [3.63, 3.8) is 0 Å². The van der Waals surface area contributed by atoms with Crippen LogP contribution in [-0.4, -0.2) is 6.21 Å². The minimum absolute atomic E-state index is 0.421. The minimum atomic E-state index is 0.421. The Kier molecular flexibility index (Phi) is 2.87. The van der Waals surface area contributed by atoms with Gasteiger partial charge in [-0.2, -0.15) is 0 Å². The van der Waals surface area contributed by atoms with Gasteiger partial charge in [-0.25, -0.2) is 0 Å². The second kappa shape index (κ2) is 4.84. The molecule has 118 valence electrons. The highest BCUT2D eigenvalue weighted by Crippen LogP contribution is 2.64. The van der Waals surface area contributed by atoms with Gasteiger partial charge in [0.05, 0.1) is 6.04 Å². The standard InChI is InChI=1S/C19H21N3S/c20-9-12-13(21)5-6-14-18(12)16-10-3-4-11(8-10)17(16)19(22-14)15-2-1-7-23-15/h1-2,5-7,9-11,16-17,19-20,22H,3-4,8,21H2/t10-,11-,16+,17-,19+/m1/s1. The van der Waals surface area contributed by atoms with E-state index in [9.17, 15) is 0 Å². The van der Waals surface area contributed by atoms with Gasteiger partial charge in [0.1, 0.15) is 0 Å². The normalized spacial score (nSPS) is 33.8. The predicted molar refractivity (Wildman–Crippen MR) is 96.5 cm³/mol. The fourth-order valence-electron chi connectivity index (χ4n) is 5.54. The fraction of sp³-hybridized carbons (Fsp3) is 0.421. The Morgan fingerprint density at radius 3 is 2.87 bits per heavy atom. The molecule has 0 saturated heterocycles. The summed E-state index contributed by atoms with van der Waals surface area (Å²) in [6.07, 6.45) is 5.52. The van der Waals surface area contributed by atoms with Crippen LogP contribution in [0.5, 0.6) is 0 Å². The van der Waals surface area contributed by atoms with Gasteiger partial charge >= 0.3 is 0 Å². The van der Waals surface area contributed by atoms with E-state index in [1.807, 2.05) is 17.4 Å². The number of nitrogens with two attached hydrogens (primary N) is 1. The van der Waals surface area contributed by atoms with E-state index in [2.05, 4.69) is 28.9 Å². The summed E-state index contributed by atoms with van der Waals surface area (Å²) < 4.78 is 0. The van der Waals surface area contributed by atoms with Crippen LogP contribution in [0.3, 0.4) is 0 Å². The number of fused-ring (bicyclic) bond motifs is 7. The zero-order chi connectivity index (χ0) is 15.6. The lowest BCUT2D eigenvalue weighted by Crippen LogP contribution is -2.35. The highest BCUT2D eigenvalue weighted by Gasteiger charge is 2.54. The molecule has 5 atom stereocenters. The van der Waals surface area contributed by atoms with Crippen LogP contribution in [0.15, 0.2) is 29.6 Å². The summed E-state index contributed by atoms with van der Waals surface area (Å²) in [6.45, 7) is 0. The molecule has 2 fully saturated rings. The van der Waals surface area contributed by atoms with E-state index >= 15 is 0 Å². The molecule has 0 unspecified atom stereocenters. The second-order valence-corrected chi connectivity index (χ2v) is 8.23. The van der Waals surface area contributed by atoms with Gasteiger partial charge < -0.3 is 16.5 Å². The Morgan fingerprint density at radius 2 is 2.09 bits per heavy atom. The Morgan fingerprint density at radius 1 is 1.22 bits per heavy atom. The molecule has 3 aliphatic rings. The zero-order valence-corrected chi connectivity index (χ0v) is 13.8.